The highest BCUT2D eigenvalue weighted by Crippen LogP contribution is 2.53. The lowest BCUT2D eigenvalue weighted by Crippen LogP contribution is -2.45. The van der Waals surface area contributed by atoms with E-state index in [-0.39, 0.29) is 70.7 Å². The summed E-state index contributed by atoms with van der Waals surface area (Å²) in [5, 5.41) is 17.5. The summed E-state index contributed by atoms with van der Waals surface area (Å²) >= 11 is 0. The van der Waals surface area contributed by atoms with Crippen LogP contribution in [0.25, 0.3) is 22.3 Å². The van der Waals surface area contributed by atoms with Gasteiger partial charge in [-0.25, -0.2) is 27.9 Å². The molecule has 5 aliphatic heterocycles. The largest absolute Gasteiger partial charge is 0.748 e. The Hall–Kier alpha value is -6.12. The number of nitrogens with two attached hydrogens (primary N) is 1. The number of benzene rings is 2. The van der Waals surface area contributed by atoms with Crippen LogP contribution in [0.5, 0.6) is 5.75 Å². The third-order valence-corrected chi connectivity index (χ3v) is 18.6. The number of anilines is 3. The first-order valence-corrected chi connectivity index (χ1v) is 32.8. The lowest BCUT2D eigenvalue weighted by molar-refractivity contribution is -0.437. The Morgan fingerprint density at radius 3 is 2.48 bits per heavy atom. The summed E-state index contributed by atoms with van der Waals surface area (Å²) in [6, 6.07) is 8.61. The third-order valence-electron chi connectivity index (χ3n) is 16.0. The topological polar surface area (TPSA) is 323 Å². The quantitative estimate of drug-likeness (QED) is 0.0142. The van der Waals surface area contributed by atoms with E-state index in [9.17, 15) is 45.3 Å². The van der Waals surface area contributed by atoms with E-state index in [2.05, 4.69) is 103 Å². The van der Waals surface area contributed by atoms with Crippen molar-refractivity contribution in [3.63, 3.8) is 0 Å². The van der Waals surface area contributed by atoms with Gasteiger partial charge in [-0.2, -0.15) is 13.0 Å². The average Bonchev–Trinajstić information content (AvgIpc) is 1.46. The number of imidazole rings is 1. The van der Waals surface area contributed by atoms with E-state index >= 15 is 0 Å². The molecule has 2 fully saturated rings. The zero-order valence-electron chi connectivity index (χ0n) is 48.6. The Morgan fingerprint density at radius 2 is 1.76 bits per heavy atom. The van der Waals surface area contributed by atoms with Crippen LogP contribution in [-0.4, -0.2) is 134 Å². The van der Waals surface area contributed by atoms with Crippen LogP contribution in [0.1, 0.15) is 130 Å². The number of hydrogen-bond acceptors (Lipinski definition) is 18. The molecule has 6 atom stereocenters. The minimum Gasteiger partial charge on any atom is -0.748 e. The van der Waals surface area contributed by atoms with Crippen molar-refractivity contribution in [1.29, 1.82) is 0 Å². The molecule has 84 heavy (non-hydrogen) atoms. The molecule has 0 bridgehead atoms. The summed E-state index contributed by atoms with van der Waals surface area (Å²) in [6.07, 6.45) is 14.5. The molecule has 0 spiro atoms. The molecule has 7 heterocycles. The van der Waals surface area contributed by atoms with Crippen molar-refractivity contribution >= 4 is 85.1 Å². The molecule has 26 heteroatoms. The number of fused-ring (bicyclic) bond motifs is 5. The zero-order chi connectivity index (χ0) is 60.7. The van der Waals surface area contributed by atoms with Gasteiger partial charge in [0, 0.05) is 84.2 Å². The number of aliphatic hydroxyl groups excluding tert-OH is 1. The lowest BCUT2D eigenvalue weighted by Gasteiger charge is -2.43. The van der Waals surface area contributed by atoms with Crippen LogP contribution in [0.3, 0.4) is 0 Å². The maximum Gasteiger partial charge on any atom is 0.472 e. The fraction of sp³-hybridized carbons (Fsp3) is 0.500. The number of unbranched alkanes of at least 4 members (excludes halogenated alkanes) is 3. The van der Waals surface area contributed by atoms with Gasteiger partial charge in [0.1, 0.15) is 42.7 Å². The number of phosphoric acid groups is 1. The number of aromatic nitrogens is 4. The number of nitrogens with one attached hydrogen (secondary N) is 2. The Labute approximate surface area is 490 Å². The molecule has 0 aliphatic carbocycles. The molecule has 4 aromatic rings. The molecule has 2 unspecified atom stereocenters. The van der Waals surface area contributed by atoms with Crippen LogP contribution in [0.15, 0.2) is 89.8 Å². The summed E-state index contributed by atoms with van der Waals surface area (Å²) in [5.74, 6) is 1.18. The van der Waals surface area contributed by atoms with Crippen LogP contribution in [-0.2, 0) is 48.8 Å². The second-order valence-electron chi connectivity index (χ2n) is 23.6. The van der Waals surface area contributed by atoms with Crippen LogP contribution < -0.4 is 26.0 Å². The van der Waals surface area contributed by atoms with Crippen LogP contribution in [0.4, 0.5) is 23.1 Å². The van der Waals surface area contributed by atoms with E-state index in [4.69, 9.17) is 24.3 Å². The molecule has 7 N–H and O–H groups in total. The number of allylic oxidation sites excluding steroid dienone is 9. The summed E-state index contributed by atoms with van der Waals surface area (Å²) in [7, 11) is -13.6. The number of hydrogen-bond donors (Lipinski definition) is 6. The molecule has 1 amide bonds. The predicted octanol–water partition coefficient (Wildman–Crippen LogP) is 8.22. The monoisotopic (exact) mass is 1220 g/mol. The summed E-state index contributed by atoms with van der Waals surface area (Å²) < 4.78 is 109. The third kappa shape index (κ3) is 13.4. The molecule has 23 nitrogen and oxygen atoms in total. The average molecular weight is 1220 g/mol. The smallest absolute Gasteiger partial charge is 0.472 e. The van der Waals surface area contributed by atoms with Gasteiger partial charge in [0.15, 0.2) is 28.9 Å². The lowest BCUT2D eigenvalue weighted by atomic mass is 9.75. The fourth-order valence-electron chi connectivity index (χ4n) is 11.9. The van der Waals surface area contributed by atoms with Gasteiger partial charge in [-0.15, -0.1) is 0 Å². The van der Waals surface area contributed by atoms with Crippen molar-refractivity contribution in [3.05, 3.63) is 102 Å². The van der Waals surface area contributed by atoms with Crippen LogP contribution in [0.2, 0.25) is 0 Å². The summed E-state index contributed by atoms with van der Waals surface area (Å²) in [5.41, 5.74) is 12.4. The fourth-order valence-corrected chi connectivity index (χ4v) is 13.8. The van der Waals surface area contributed by atoms with Gasteiger partial charge in [-0.05, 0) is 95.7 Å². The molecule has 5 aliphatic rings. The van der Waals surface area contributed by atoms with Gasteiger partial charge in [-0.1, -0.05) is 64.0 Å². The first-order chi connectivity index (χ1) is 39.5. The number of carbonyl (C=O) groups excluding carboxylic acids is 1. The van der Waals surface area contributed by atoms with Gasteiger partial charge in [-0.3, -0.25) is 23.0 Å². The van der Waals surface area contributed by atoms with Crippen molar-refractivity contribution in [2.45, 2.75) is 147 Å². The van der Waals surface area contributed by atoms with E-state index in [0.29, 0.717) is 55.7 Å². The van der Waals surface area contributed by atoms with Gasteiger partial charge >= 0.3 is 7.82 Å². The van der Waals surface area contributed by atoms with Gasteiger partial charge in [0.05, 0.1) is 32.6 Å². The van der Waals surface area contributed by atoms with E-state index in [1.54, 1.807) is 6.07 Å². The number of nitrogens with zero attached hydrogens (tertiary/aromatic N) is 6. The highest BCUT2D eigenvalue weighted by molar-refractivity contribution is 7.86. The van der Waals surface area contributed by atoms with E-state index in [1.165, 1.54) is 28.6 Å². The number of aliphatic hydroxyl groups is 1. The van der Waals surface area contributed by atoms with Gasteiger partial charge < -0.3 is 45.3 Å². The number of ether oxygens (including phenoxy) is 2. The Kier molecular flexibility index (Phi) is 18.1. The Balaban J connectivity index is 0.860. The molecule has 0 radical (unpaired) electrons. The Morgan fingerprint density at radius 1 is 1.01 bits per heavy atom. The number of carbonyl (C=O) groups is 1. The maximum atomic E-state index is 13.4. The zero-order valence-corrected chi connectivity index (χ0v) is 51.1. The van der Waals surface area contributed by atoms with Crippen molar-refractivity contribution in [3.8, 4) is 5.75 Å². The molecular formula is C58H76N9O14PS2. The summed E-state index contributed by atoms with van der Waals surface area (Å²) in [4.78, 5) is 38.3. The van der Waals surface area contributed by atoms with Crippen molar-refractivity contribution < 1.29 is 68.4 Å². The van der Waals surface area contributed by atoms with Gasteiger partial charge in [0.25, 0.3) is 10.1 Å². The maximum absolute atomic E-state index is 13.4. The highest BCUT2D eigenvalue weighted by atomic mass is 32.2. The molecule has 2 aromatic carbocycles. The number of nitrogen functional groups attached to an aromatic ring is 1. The minimum absolute atomic E-state index is 0.0173. The number of rotatable bonds is 22. The number of amides is 1. The SMILES string of the molecule is CCN1c2cc3c(cc2C(C)=CC1(C)C)C(=CC=CC=CC1=[N+](CCCS(=O)(=O)[O-])c2ccc(S(=O)(=O)O)cc2C1(C)CCCC(=O)NCCCCCCNc1nc2c(N)ncnc2n1[C@@H]1O[C@@H]2COP(=O)(O)O[C@H]2[C@H]1O)C=C(C(C)(C)C)O3. The Bertz CT molecular complexity index is 3700. The summed E-state index contributed by atoms with van der Waals surface area (Å²) in [6.45, 7) is 18.5. The highest BCUT2D eigenvalue weighted by Gasteiger charge is 2.53. The van der Waals surface area contributed by atoms with Crippen LogP contribution in [0, 0.1) is 5.41 Å². The first kappa shape index (κ1) is 62.4. The molecule has 454 valence electrons. The predicted molar refractivity (Wildman–Crippen MR) is 318 cm³/mol. The second kappa shape index (κ2) is 24.3. The second-order valence-corrected chi connectivity index (χ2v) is 28.0. The number of phosphoric ester groups is 1. The van der Waals surface area contributed by atoms with Gasteiger partial charge in [0.2, 0.25) is 17.5 Å². The molecule has 0 saturated carbocycles. The molecule has 2 aromatic heterocycles. The van der Waals surface area contributed by atoms with Crippen molar-refractivity contribution in [2.75, 3.05) is 54.5 Å². The molecular weight excluding hydrogens is 1140 g/mol. The molecule has 2 saturated heterocycles. The standard InChI is InChI=1S/C58H76N9O14PS2/c1-9-66-43-32-44-40(31-39(43)36(2)33-57(66,6)7)37(29-47(79-44)56(3,4)5)19-13-12-14-20-46-58(8,41-30-38(84(75,76)77)22-23-42(41)65(46)27-18-28-83(72,73)74)24-17-21-48(68)60-25-15-10-11-16-26-61-55-64-49-52(59)62-35-63-53(49)67(55)54-50(69)51-45(80-54)34-78-82(70,71)81-51/h12-14,19-20,22-23,29-33,35,45,50-51,54,69H,9-11,15-18,21,24-28,34H2,1-8H3,(H6-,59,60,61,62,63,64,68,70,71,72,73,74,75,76,77)/t45-,50-,51-,54-,58?/m1/s1. The van der Waals surface area contributed by atoms with E-state index in [1.807, 2.05) is 41.9 Å². The first-order valence-electron chi connectivity index (χ1n) is 28.3. The molecule has 9 rings (SSSR count). The van der Waals surface area contributed by atoms with E-state index < -0.39 is 63.8 Å². The number of likely N-dealkylation sites (N-methyl/N-ethyl adjacent to an activating group) is 1. The normalized spacial score (nSPS) is 24.5. The van der Waals surface area contributed by atoms with E-state index in [0.717, 1.165) is 53.3 Å². The minimum atomic E-state index is -4.64. The van der Waals surface area contributed by atoms with Crippen molar-refractivity contribution in [2.24, 2.45) is 5.41 Å². The van der Waals surface area contributed by atoms with Crippen molar-refractivity contribution in [1.82, 2.24) is 24.8 Å². The van der Waals surface area contributed by atoms with Crippen LogP contribution >= 0.6 is 7.82 Å².